The molecule has 0 bridgehead atoms. The van der Waals surface area contributed by atoms with Gasteiger partial charge in [-0.1, -0.05) is 193 Å². The molecule has 1 atom stereocenters. The van der Waals surface area contributed by atoms with Gasteiger partial charge in [0, 0.05) is 5.92 Å². The van der Waals surface area contributed by atoms with Crippen LogP contribution in [0.15, 0.2) is 12.2 Å². The zero-order chi connectivity index (χ0) is 29.4. The van der Waals surface area contributed by atoms with Gasteiger partial charge in [-0.2, -0.15) is 0 Å². The fourth-order valence-corrected chi connectivity index (χ4v) is 5.92. The van der Waals surface area contributed by atoms with E-state index in [1.807, 2.05) is 0 Å². The SMILES string of the molecule is CCCCCCCCCCCCCCCCCCCC/C=C/C(CCCCCCCCCCC)COS(=O)(=O)[O-].[K+]. The van der Waals surface area contributed by atoms with Crippen molar-refractivity contribution in [3.8, 4) is 0 Å². The van der Waals surface area contributed by atoms with Crippen molar-refractivity contribution in [2.24, 2.45) is 5.92 Å². The van der Waals surface area contributed by atoms with Gasteiger partial charge in [0.2, 0.25) is 10.4 Å². The summed E-state index contributed by atoms with van der Waals surface area (Å²) >= 11 is 0. The molecule has 240 valence electrons. The van der Waals surface area contributed by atoms with Crippen LogP contribution in [-0.4, -0.2) is 19.6 Å². The van der Waals surface area contributed by atoms with E-state index in [2.05, 4.69) is 30.2 Å². The Hall–Kier alpha value is 1.25. The number of unbranched alkanes of at least 4 members (excludes halogenated alkanes) is 26. The van der Waals surface area contributed by atoms with E-state index in [4.69, 9.17) is 0 Å². The third-order valence-electron chi connectivity index (χ3n) is 8.24. The standard InChI is InChI=1S/C35H70O4S.K/c1-3-5-7-9-11-13-14-15-16-17-18-19-20-21-22-23-25-27-29-31-33-35(34-39-40(36,37)38)32-30-28-26-24-12-10-8-6-4-2;/h31,33,35H,3-30,32,34H2,1-2H3,(H,36,37,38);/q;+1/p-1/b33-31+;. The van der Waals surface area contributed by atoms with Crippen LogP contribution in [0.5, 0.6) is 0 Å². The summed E-state index contributed by atoms with van der Waals surface area (Å²) < 4.78 is 37.3. The fourth-order valence-electron chi connectivity index (χ4n) is 5.58. The molecule has 0 radical (unpaired) electrons. The maximum Gasteiger partial charge on any atom is 1.00 e. The van der Waals surface area contributed by atoms with Crippen molar-refractivity contribution in [2.45, 2.75) is 200 Å². The second-order valence-electron chi connectivity index (χ2n) is 12.3. The minimum atomic E-state index is -4.62. The third-order valence-corrected chi connectivity index (χ3v) is 8.66. The minimum absolute atomic E-state index is 0. The fraction of sp³-hybridized carbons (Fsp3) is 0.943. The molecule has 0 aliphatic heterocycles. The molecular weight excluding hydrogens is 556 g/mol. The topological polar surface area (TPSA) is 66.4 Å². The molecule has 0 aromatic heterocycles. The van der Waals surface area contributed by atoms with Gasteiger partial charge in [0.25, 0.3) is 0 Å². The molecule has 0 heterocycles. The molecule has 0 aromatic carbocycles. The summed E-state index contributed by atoms with van der Waals surface area (Å²) in [6.07, 6.45) is 42.5. The molecule has 6 heteroatoms. The van der Waals surface area contributed by atoms with Gasteiger partial charge in [-0.25, -0.2) is 8.42 Å². The summed E-state index contributed by atoms with van der Waals surface area (Å²) in [5, 5.41) is 0. The van der Waals surface area contributed by atoms with Gasteiger partial charge in [0.05, 0.1) is 6.61 Å². The zero-order valence-corrected chi connectivity index (χ0v) is 31.9. The van der Waals surface area contributed by atoms with E-state index in [1.165, 1.54) is 167 Å². The summed E-state index contributed by atoms with van der Waals surface area (Å²) in [6.45, 7) is 4.51. The first-order chi connectivity index (χ1) is 19.5. The van der Waals surface area contributed by atoms with Crippen LogP contribution in [0.1, 0.15) is 200 Å². The van der Waals surface area contributed by atoms with E-state index in [1.54, 1.807) is 0 Å². The van der Waals surface area contributed by atoms with Gasteiger partial charge in [-0.15, -0.1) is 0 Å². The summed E-state index contributed by atoms with van der Waals surface area (Å²) in [5.41, 5.74) is 0. The molecule has 0 amide bonds. The molecule has 4 nitrogen and oxygen atoms in total. The van der Waals surface area contributed by atoms with Crippen molar-refractivity contribution >= 4 is 10.4 Å². The van der Waals surface area contributed by atoms with Crippen molar-refractivity contribution in [1.29, 1.82) is 0 Å². The maximum atomic E-state index is 10.9. The van der Waals surface area contributed by atoms with Gasteiger partial charge < -0.3 is 4.55 Å². The Morgan fingerprint density at radius 2 is 0.854 bits per heavy atom. The molecular formula is C35H69KO4S. The molecule has 1 unspecified atom stereocenters. The van der Waals surface area contributed by atoms with E-state index in [-0.39, 0.29) is 63.9 Å². The van der Waals surface area contributed by atoms with E-state index in [9.17, 15) is 13.0 Å². The van der Waals surface area contributed by atoms with Crippen LogP contribution in [0.3, 0.4) is 0 Å². The minimum Gasteiger partial charge on any atom is -0.726 e. The summed E-state index contributed by atoms with van der Waals surface area (Å²) in [7, 11) is -4.62. The molecule has 0 fully saturated rings. The number of hydrogen-bond acceptors (Lipinski definition) is 4. The van der Waals surface area contributed by atoms with Crippen molar-refractivity contribution in [2.75, 3.05) is 6.61 Å². The number of rotatable bonds is 33. The normalized spacial score (nSPS) is 12.7. The Morgan fingerprint density at radius 1 is 0.537 bits per heavy atom. The molecule has 0 N–H and O–H groups in total. The Labute approximate surface area is 300 Å². The van der Waals surface area contributed by atoms with Crippen LogP contribution >= 0.6 is 0 Å². The second-order valence-corrected chi connectivity index (χ2v) is 13.3. The largest absolute Gasteiger partial charge is 1.00 e. The van der Waals surface area contributed by atoms with Crippen LogP contribution in [0, 0.1) is 5.92 Å². The van der Waals surface area contributed by atoms with Crippen LogP contribution in [-0.2, 0) is 14.6 Å². The molecule has 0 rings (SSSR count). The summed E-state index contributed by atoms with van der Waals surface area (Å²) in [5.74, 6) is 0.0174. The van der Waals surface area contributed by atoms with Crippen molar-refractivity contribution in [1.82, 2.24) is 0 Å². The maximum absolute atomic E-state index is 10.9. The number of hydrogen-bond donors (Lipinski definition) is 0. The molecule has 0 saturated carbocycles. The summed E-state index contributed by atoms with van der Waals surface area (Å²) in [4.78, 5) is 0. The van der Waals surface area contributed by atoms with Gasteiger partial charge in [-0.3, -0.25) is 4.18 Å². The molecule has 0 aliphatic rings. The predicted octanol–water partition coefficient (Wildman–Crippen LogP) is 8.99. The molecule has 0 saturated heterocycles. The summed E-state index contributed by atoms with van der Waals surface area (Å²) in [6, 6.07) is 0. The Balaban J connectivity index is 0. The van der Waals surface area contributed by atoms with Gasteiger partial charge in [0.1, 0.15) is 0 Å². The van der Waals surface area contributed by atoms with Gasteiger partial charge >= 0.3 is 51.4 Å². The first kappa shape index (κ1) is 44.4. The quantitative estimate of drug-likeness (QED) is 0.0240. The van der Waals surface area contributed by atoms with Crippen molar-refractivity contribution < 1.29 is 68.5 Å². The van der Waals surface area contributed by atoms with E-state index in [0.29, 0.717) is 0 Å². The molecule has 0 spiro atoms. The molecule has 0 aliphatic carbocycles. The smallest absolute Gasteiger partial charge is 0.726 e. The van der Waals surface area contributed by atoms with Crippen LogP contribution < -0.4 is 51.4 Å². The predicted molar refractivity (Wildman–Crippen MR) is 174 cm³/mol. The van der Waals surface area contributed by atoms with E-state index < -0.39 is 10.4 Å². The second kappa shape index (κ2) is 35.7. The van der Waals surface area contributed by atoms with Crippen LogP contribution in [0.4, 0.5) is 0 Å². The monoisotopic (exact) mass is 624 g/mol. The first-order valence-corrected chi connectivity index (χ1v) is 19.1. The van der Waals surface area contributed by atoms with E-state index >= 15 is 0 Å². The third kappa shape index (κ3) is 39.2. The Kier molecular flexibility index (Phi) is 38.7. The van der Waals surface area contributed by atoms with Crippen molar-refractivity contribution in [3.05, 3.63) is 12.2 Å². The van der Waals surface area contributed by atoms with Crippen LogP contribution in [0.2, 0.25) is 0 Å². The number of allylic oxidation sites excluding steroid dienone is 1. The molecule has 41 heavy (non-hydrogen) atoms. The molecule has 0 aromatic rings. The average Bonchev–Trinajstić information content (AvgIpc) is 2.93. The Morgan fingerprint density at radius 3 is 1.20 bits per heavy atom. The van der Waals surface area contributed by atoms with Gasteiger partial charge in [-0.05, 0) is 19.3 Å². The van der Waals surface area contributed by atoms with Gasteiger partial charge in [0.15, 0.2) is 0 Å². The zero-order valence-electron chi connectivity index (χ0n) is 28.0. The Bertz CT molecular complexity index is 624. The van der Waals surface area contributed by atoms with Crippen LogP contribution in [0.25, 0.3) is 0 Å². The average molecular weight is 625 g/mol. The van der Waals surface area contributed by atoms with E-state index in [0.717, 1.165) is 19.3 Å². The van der Waals surface area contributed by atoms with Crippen molar-refractivity contribution in [3.63, 3.8) is 0 Å². The first-order valence-electron chi connectivity index (χ1n) is 17.8.